The van der Waals surface area contributed by atoms with Crippen LogP contribution in [0.2, 0.25) is 0 Å². The van der Waals surface area contributed by atoms with Crippen molar-refractivity contribution in [3.63, 3.8) is 0 Å². The molecule has 2 atom stereocenters. The van der Waals surface area contributed by atoms with E-state index in [9.17, 15) is 19.0 Å². The minimum absolute atomic E-state index is 0.0352. The number of allylic oxidation sites excluding steroid dienone is 8. The molecule has 0 saturated carbocycles. The highest BCUT2D eigenvalue weighted by Crippen LogP contribution is 2.43. The van der Waals surface area contributed by atoms with E-state index in [2.05, 4.69) is 62.5 Å². The molecule has 0 fully saturated rings. The highest BCUT2D eigenvalue weighted by molar-refractivity contribution is 7.47. The molecule has 0 aromatic carbocycles. The van der Waals surface area contributed by atoms with Gasteiger partial charge in [-0.3, -0.25) is 18.6 Å². The van der Waals surface area contributed by atoms with E-state index in [4.69, 9.17) is 18.5 Å². The Labute approximate surface area is 515 Å². The van der Waals surface area contributed by atoms with Gasteiger partial charge < -0.3 is 18.9 Å². The third-order valence-electron chi connectivity index (χ3n) is 16.1. The number of nitrogens with zero attached hydrogens (tertiary/aromatic N) is 1. The van der Waals surface area contributed by atoms with Gasteiger partial charge in [-0.1, -0.05) is 339 Å². The maximum Gasteiger partial charge on any atom is 0.472 e. The SMILES string of the molecule is CC/C=C\C/C=C\C/C=C\C/C=C\CCCCCCCCCCCCCCCCCCCCCCCCCCC(=O)OC(COC(=O)CCCCCCCCCCCCCCCCCCCCCCCC)COP(=O)(O)OCC[N+](C)(C)C. The molecule has 0 heterocycles. The van der Waals surface area contributed by atoms with Gasteiger partial charge in [-0.05, 0) is 51.4 Å². The molecule has 2 unspecified atom stereocenters. The third kappa shape index (κ3) is 68.9. The zero-order chi connectivity index (χ0) is 60.5. The van der Waals surface area contributed by atoms with Crippen molar-refractivity contribution in [2.45, 2.75) is 360 Å². The van der Waals surface area contributed by atoms with E-state index in [1.54, 1.807) is 0 Å². The van der Waals surface area contributed by atoms with Crippen LogP contribution in [-0.2, 0) is 32.7 Å². The summed E-state index contributed by atoms with van der Waals surface area (Å²) in [6, 6.07) is 0. The lowest BCUT2D eigenvalue weighted by molar-refractivity contribution is -0.870. The van der Waals surface area contributed by atoms with Gasteiger partial charge in [0, 0.05) is 12.8 Å². The van der Waals surface area contributed by atoms with Gasteiger partial charge in [-0.25, -0.2) is 4.57 Å². The van der Waals surface area contributed by atoms with Crippen molar-refractivity contribution in [1.29, 1.82) is 0 Å². The van der Waals surface area contributed by atoms with E-state index in [1.807, 2.05) is 21.1 Å². The van der Waals surface area contributed by atoms with Crippen LogP contribution in [0, 0.1) is 0 Å². The molecule has 9 nitrogen and oxygen atoms in total. The van der Waals surface area contributed by atoms with Gasteiger partial charge in [0.05, 0.1) is 27.7 Å². The number of ether oxygens (including phenoxy) is 2. The number of hydrogen-bond donors (Lipinski definition) is 1. The number of carbonyl (C=O) groups excluding carboxylic acids is 2. The van der Waals surface area contributed by atoms with Gasteiger partial charge in [0.2, 0.25) is 0 Å². The van der Waals surface area contributed by atoms with Crippen LogP contribution in [0.15, 0.2) is 48.6 Å². The van der Waals surface area contributed by atoms with Crippen LogP contribution in [0.4, 0.5) is 0 Å². The molecule has 0 spiro atoms. The third-order valence-corrected chi connectivity index (χ3v) is 17.1. The molecule has 0 aromatic rings. The molecule has 0 aliphatic carbocycles. The second-order valence-corrected chi connectivity index (χ2v) is 27.1. The topological polar surface area (TPSA) is 108 Å². The standard InChI is InChI=1S/C73H138NO8P/c1-6-8-10-12-14-16-18-20-22-24-26-28-30-31-32-33-34-35-36-37-38-39-40-41-42-43-44-46-48-50-52-54-56-58-60-62-64-66-73(76)82-71(70-81-83(77,78)80-68-67-74(3,4)5)69-79-72(75)65-63-61-59-57-55-53-51-49-47-45-29-27-25-23-21-19-17-15-13-11-9-7-2/h8,10,14,16,20,22,26,28,71H,6-7,9,11-13,15,17-19,21,23-25,27,29-70H2,1-5H3/p+1/b10-8-,16-14-,22-20-,28-26-. The number of phosphoric acid groups is 1. The molecule has 0 aliphatic rings. The molecule has 488 valence electrons. The van der Waals surface area contributed by atoms with Crippen molar-refractivity contribution in [2.75, 3.05) is 47.5 Å². The van der Waals surface area contributed by atoms with Crippen molar-refractivity contribution in [3.8, 4) is 0 Å². The Bertz CT molecular complexity index is 1540. The average Bonchev–Trinajstić information content (AvgIpc) is 3.49. The fourth-order valence-corrected chi connectivity index (χ4v) is 11.4. The Kier molecular flexibility index (Phi) is 62.9. The average molecular weight is 1190 g/mol. The number of unbranched alkanes of at least 4 members (excludes halogenated alkanes) is 45. The van der Waals surface area contributed by atoms with Crippen molar-refractivity contribution >= 4 is 19.8 Å². The smallest absolute Gasteiger partial charge is 0.462 e. The number of carbonyl (C=O) groups is 2. The normalized spacial score (nSPS) is 13.4. The summed E-state index contributed by atoms with van der Waals surface area (Å²) in [7, 11) is 1.50. The first kappa shape index (κ1) is 81.0. The molecular weight excluding hydrogens is 1050 g/mol. The molecule has 1 N–H and O–H groups in total. The molecule has 0 amide bonds. The highest BCUT2D eigenvalue weighted by Gasteiger charge is 2.27. The van der Waals surface area contributed by atoms with Crippen LogP contribution in [0.25, 0.3) is 0 Å². The first-order valence-corrected chi connectivity index (χ1v) is 37.4. The summed E-state index contributed by atoms with van der Waals surface area (Å²) in [4.78, 5) is 35.9. The predicted molar refractivity (Wildman–Crippen MR) is 358 cm³/mol. The molecule has 0 saturated heterocycles. The Morgan fingerprint density at radius 1 is 0.386 bits per heavy atom. The first-order chi connectivity index (χ1) is 40.5. The summed E-state index contributed by atoms with van der Waals surface area (Å²) in [6.45, 7) is 4.39. The van der Waals surface area contributed by atoms with Crippen molar-refractivity contribution in [2.24, 2.45) is 0 Å². The largest absolute Gasteiger partial charge is 0.472 e. The fraction of sp³-hybridized carbons (Fsp3) is 0.863. The van der Waals surface area contributed by atoms with Crippen LogP contribution < -0.4 is 0 Å². The molecule has 10 heteroatoms. The van der Waals surface area contributed by atoms with Gasteiger partial charge in [0.1, 0.15) is 19.8 Å². The highest BCUT2D eigenvalue weighted by atomic mass is 31.2. The van der Waals surface area contributed by atoms with Crippen LogP contribution in [0.5, 0.6) is 0 Å². The minimum Gasteiger partial charge on any atom is -0.462 e. The maximum absolute atomic E-state index is 12.9. The number of quaternary nitrogens is 1. The number of phosphoric ester groups is 1. The zero-order valence-corrected chi connectivity index (χ0v) is 56.6. The summed E-state index contributed by atoms with van der Waals surface area (Å²) in [5.74, 6) is -0.774. The quantitative estimate of drug-likeness (QED) is 0.0211. The summed E-state index contributed by atoms with van der Waals surface area (Å²) in [5, 5.41) is 0. The van der Waals surface area contributed by atoms with E-state index in [0.29, 0.717) is 23.9 Å². The van der Waals surface area contributed by atoms with E-state index < -0.39 is 26.5 Å². The summed E-state index contributed by atoms with van der Waals surface area (Å²) >= 11 is 0. The molecule has 0 rings (SSSR count). The predicted octanol–water partition coefficient (Wildman–Crippen LogP) is 23.2. The molecule has 0 aliphatic heterocycles. The van der Waals surface area contributed by atoms with Gasteiger partial charge in [-0.2, -0.15) is 0 Å². The lowest BCUT2D eigenvalue weighted by atomic mass is 10.0. The van der Waals surface area contributed by atoms with Crippen molar-refractivity contribution in [3.05, 3.63) is 48.6 Å². The molecule has 0 radical (unpaired) electrons. The van der Waals surface area contributed by atoms with Crippen LogP contribution in [0.1, 0.15) is 354 Å². The van der Waals surface area contributed by atoms with Gasteiger partial charge >= 0.3 is 19.8 Å². The summed E-state index contributed by atoms with van der Waals surface area (Å²) in [5.41, 5.74) is 0. The monoisotopic (exact) mass is 1190 g/mol. The number of esters is 2. The van der Waals surface area contributed by atoms with Gasteiger partial charge in [-0.15, -0.1) is 0 Å². The molecule has 0 bridgehead atoms. The van der Waals surface area contributed by atoms with E-state index in [1.165, 1.54) is 263 Å². The Hall–Kier alpha value is -2.03. The summed E-state index contributed by atoms with van der Waals surface area (Å²) in [6.07, 6.45) is 83.7. The van der Waals surface area contributed by atoms with Gasteiger partial charge in [0.25, 0.3) is 0 Å². The van der Waals surface area contributed by atoms with Gasteiger partial charge in [0.15, 0.2) is 6.10 Å². The van der Waals surface area contributed by atoms with E-state index >= 15 is 0 Å². The second-order valence-electron chi connectivity index (χ2n) is 25.6. The second kappa shape index (κ2) is 64.4. The maximum atomic E-state index is 12.9. The van der Waals surface area contributed by atoms with Crippen LogP contribution in [-0.4, -0.2) is 74.9 Å². The number of likely N-dealkylation sites (N-methyl/N-ethyl adjacent to an activating group) is 1. The first-order valence-electron chi connectivity index (χ1n) is 35.9. The molecule has 83 heavy (non-hydrogen) atoms. The van der Waals surface area contributed by atoms with E-state index in [-0.39, 0.29) is 25.6 Å². The Balaban J connectivity index is 3.93. The Morgan fingerprint density at radius 3 is 1.02 bits per heavy atom. The molecular formula is C73H139NO8P+. The fourth-order valence-electron chi connectivity index (χ4n) is 10.7. The minimum atomic E-state index is -4.39. The lowest BCUT2D eigenvalue weighted by Crippen LogP contribution is -2.37. The lowest BCUT2D eigenvalue weighted by Gasteiger charge is -2.24. The zero-order valence-electron chi connectivity index (χ0n) is 55.7. The Morgan fingerprint density at radius 2 is 0.687 bits per heavy atom. The van der Waals surface area contributed by atoms with E-state index in [0.717, 1.165) is 57.8 Å². The number of hydrogen-bond acceptors (Lipinski definition) is 7. The van der Waals surface area contributed by atoms with Crippen molar-refractivity contribution in [1.82, 2.24) is 0 Å². The molecule has 0 aromatic heterocycles. The summed E-state index contributed by atoms with van der Waals surface area (Å²) < 4.78 is 34.7. The van der Waals surface area contributed by atoms with Crippen molar-refractivity contribution < 1.29 is 42.1 Å². The number of rotatable bonds is 67. The van der Waals surface area contributed by atoms with Crippen LogP contribution in [0.3, 0.4) is 0 Å². The van der Waals surface area contributed by atoms with Crippen LogP contribution >= 0.6 is 7.82 Å².